The van der Waals surface area contributed by atoms with Gasteiger partial charge in [0.25, 0.3) is 0 Å². The normalized spacial score (nSPS) is 11.0. The van der Waals surface area contributed by atoms with E-state index >= 15 is 0 Å². The van der Waals surface area contributed by atoms with Crippen molar-refractivity contribution in [3.8, 4) is 0 Å². The highest BCUT2D eigenvalue weighted by atomic mass is 79.9. The van der Waals surface area contributed by atoms with Gasteiger partial charge in [0.2, 0.25) is 0 Å². The second-order valence-electron chi connectivity index (χ2n) is 2.83. The predicted molar refractivity (Wildman–Crippen MR) is 59.2 cm³/mol. The zero-order valence-electron chi connectivity index (χ0n) is 7.86. The van der Waals surface area contributed by atoms with Gasteiger partial charge in [-0.1, -0.05) is 15.9 Å². The van der Waals surface area contributed by atoms with Crippen molar-refractivity contribution in [2.75, 3.05) is 7.05 Å². The lowest BCUT2D eigenvalue weighted by Gasteiger charge is -2.10. The SMILES string of the molecule is CNCc1cc(C(F)(F)F)ccc1Br.Cl. The van der Waals surface area contributed by atoms with Crippen LogP contribution in [0.1, 0.15) is 11.1 Å². The van der Waals surface area contributed by atoms with Gasteiger partial charge in [-0.15, -0.1) is 12.4 Å². The van der Waals surface area contributed by atoms with Crippen LogP contribution in [0.4, 0.5) is 13.2 Å². The number of alkyl halides is 3. The van der Waals surface area contributed by atoms with Gasteiger partial charge in [0.05, 0.1) is 5.56 Å². The van der Waals surface area contributed by atoms with E-state index in [1.807, 2.05) is 0 Å². The Morgan fingerprint density at radius 3 is 2.40 bits per heavy atom. The lowest BCUT2D eigenvalue weighted by molar-refractivity contribution is -0.137. The lowest BCUT2D eigenvalue weighted by Crippen LogP contribution is -2.09. The fourth-order valence-electron chi connectivity index (χ4n) is 1.08. The summed E-state index contributed by atoms with van der Waals surface area (Å²) in [5.74, 6) is 0. The number of benzene rings is 1. The Bertz CT molecular complexity index is 328. The molecule has 0 amide bonds. The average molecular weight is 305 g/mol. The van der Waals surface area contributed by atoms with Gasteiger partial charge in [-0.05, 0) is 30.8 Å². The monoisotopic (exact) mass is 303 g/mol. The van der Waals surface area contributed by atoms with Crippen LogP contribution in [0.3, 0.4) is 0 Å². The summed E-state index contributed by atoms with van der Waals surface area (Å²) in [6.45, 7) is 0.407. The molecular formula is C9H10BrClF3N. The summed E-state index contributed by atoms with van der Waals surface area (Å²) in [5, 5.41) is 2.81. The Hall–Kier alpha value is -0.260. The minimum absolute atomic E-state index is 0. The highest BCUT2D eigenvalue weighted by Gasteiger charge is 2.30. The Kier molecular flexibility index (Phi) is 5.62. The summed E-state index contributed by atoms with van der Waals surface area (Å²) in [5.41, 5.74) is -0.0201. The highest BCUT2D eigenvalue weighted by Crippen LogP contribution is 2.31. The van der Waals surface area contributed by atoms with Crippen LogP contribution in [0, 0.1) is 0 Å². The molecule has 0 aliphatic carbocycles. The van der Waals surface area contributed by atoms with E-state index in [4.69, 9.17) is 0 Å². The van der Waals surface area contributed by atoms with Gasteiger partial charge in [0.15, 0.2) is 0 Å². The van der Waals surface area contributed by atoms with Crippen LogP contribution in [-0.2, 0) is 12.7 Å². The predicted octanol–water partition coefficient (Wildman–Crippen LogP) is 3.61. The summed E-state index contributed by atoms with van der Waals surface area (Å²) in [6, 6.07) is 3.61. The third-order valence-electron chi connectivity index (χ3n) is 1.74. The third-order valence-corrected chi connectivity index (χ3v) is 2.51. The van der Waals surface area contributed by atoms with Gasteiger partial charge in [-0.2, -0.15) is 13.2 Å². The fourth-order valence-corrected chi connectivity index (χ4v) is 1.46. The van der Waals surface area contributed by atoms with Crippen LogP contribution in [0.5, 0.6) is 0 Å². The van der Waals surface area contributed by atoms with Gasteiger partial charge in [-0.25, -0.2) is 0 Å². The molecule has 0 aromatic heterocycles. The molecule has 1 aromatic carbocycles. The smallest absolute Gasteiger partial charge is 0.316 e. The fraction of sp³-hybridized carbons (Fsp3) is 0.333. The summed E-state index contributed by atoms with van der Waals surface area (Å²) in [7, 11) is 1.69. The van der Waals surface area contributed by atoms with E-state index in [9.17, 15) is 13.2 Å². The van der Waals surface area contributed by atoms with E-state index in [1.165, 1.54) is 6.07 Å². The molecule has 0 radical (unpaired) electrons. The Morgan fingerprint density at radius 1 is 1.33 bits per heavy atom. The molecule has 0 bridgehead atoms. The van der Waals surface area contributed by atoms with E-state index in [0.29, 0.717) is 16.6 Å². The molecule has 0 spiro atoms. The molecule has 0 aliphatic heterocycles. The molecule has 1 N–H and O–H groups in total. The standard InChI is InChI=1S/C9H9BrF3N.ClH/c1-14-5-6-4-7(9(11,12)13)2-3-8(6)10;/h2-4,14H,5H2,1H3;1H. The van der Waals surface area contributed by atoms with E-state index in [1.54, 1.807) is 7.05 Å². The van der Waals surface area contributed by atoms with E-state index < -0.39 is 11.7 Å². The lowest BCUT2D eigenvalue weighted by atomic mass is 10.1. The summed E-state index contributed by atoms with van der Waals surface area (Å²) >= 11 is 3.19. The second-order valence-corrected chi connectivity index (χ2v) is 3.69. The number of halogens is 5. The molecule has 0 heterocycles. The molecule has 0 saturated carbocycles. The minimum atomic E-state index is -4.27. The first kappa shape index (κ1) is 14.7. The Morgan fingerprint density at radius 2 is 1.93 bits per heavy atom. The quantitative estimate of drug-likeness (QED) is 0.880. The van der Waals surface area contributed by atoms with Gasteiger partial charge < -0.3 is 5.32 Å². The summed E-state index contributed by atoms with van der Waals surface area (Å²) < 4.78 is 37.6. The van der Waals surface area contributed by atoms with Gasteiger partial charge >= 0.3 is 6.18 Å². The topological polar surface area (TPSA) is 12.0 Å². The molecule has 0 fully saturated rings. The molecule has 1 rings (SSSR count). The van der Waals surface area contributed by atoms with Gasteiger partial charge in [0, 0.05) is 11.0 Å². The molecule has 15 heavy (non-hydrogen) atoms. The van der Waals surface area contributed by atoms with Crippen molar-refractivity contribution in [1.29, 1.82) is 0 Å². The summed E-state index contributed by atoms with van der Waals surface area (Å²) in [4.78, 5) is 0. The van der Waals surface area contributed by atoms with Crippen LogP contribution < -0.4 is 5.32 Å². The largest absolute Gasteiger partial charge is 0.416 e. The molecule has 6 heteroatoms. The zero-order valence-corrected chi connectivity index (χ0v) is 10.3. The van der Waals surface area contributed by atoms with Crippen molar-refractivity contribution in [2.45, 2.75) is 12.7 Å². The zero-order chi connectivity index (χ0) is 10.8. The molecule has 0 aliphatic rings. The van der Waals surface area contributed by atoms with Crippen molar-refractivity contribution in [2.24, 2.45) is 0 Å². The van der Waals surface area contributed by atoms with Gasteiger partial charge in [-0.3, -0.25) is 0 Å². The second kappa shape index (κ2) is 5.72. The van der Waals surface area contributed by atoms with Crippen LogP contribution in [0.2, 0.25) is 0 Å². The molecule has 0 atom stereocenters. The molecular weight excluding hydrogens is 294 g/mol. The van der Waals surface area contributed by atoms with Gasteiger partial charge in [0.1, 0.15) is 0 Å². The van der Waals surface area contributed by atoms with E-state index in [0.717, 1.165) is 12.1 Å². The minimum Gasteiger partial charge on any atom is -0.316 e. The maximum absolute atomic E-state index is 12.3. The maximum atomic E-state index is 12.3. The number of hydrogen-bond donors (Lipinski definition) is 1. The van der Waals surface area contributed by atoms with Crippen molar-refractivity contribution >= 4 is 28.3 Å². The molecule has 0 saturated heterocycles. The number of nitrogens with one attached hydrogen (secondary N) is 1. The molecule has 0 unspecified atom stereocenters. The van der Waals surface area contributed by atoms with Crippen molar-refractivity contribution in [3.63, 3.8) is 0 Å². The van der Waals surface area contributed by atoms with E-state index in [-0.39, 0.29) is 12.4 Å². The highest BCUT2D eigenvalue weighted by molar-refractivity contribution is 9.10. The molecule has 86 valence electrons. The van der Waals surface area contributed by atoms with Crippen LogP contribution in [-0.4, -0.2) is 7.05 Å². The summed E-state index contributed by atoms with van der Waals surface area (Å²) in [6.07, 6.45) is -4.27. The van der Waals surface area contributed by atoms with E-state index in [2.05, 4.69) is 21.2 Å². The van der Waals surface area contributed by atoms with Crippen molar-refractivity contribution < 1.29 is 13.2 Å². The first-order chi connectivity index (χ1) is 6.45. The number of rotatable bonds is 2. The first-order valence-corrected chi connectivity index (χ1v) is 4.74. The van der Waals surface area contributed by atoms with Crippen molar-refractivity contribution in [1.82, 2.24) is 5.32 Å². The van der Waals surface area contributed by atoms with Crippen molar-refractivity contribution in [3.05, 3.63) is 33.8 Å². The first-order valence-electron chi connectivity index (χ1n) is 3.95. The van der Waals surface area contributed by atoms with Crippen LogP contribution in [0.15, 0.2) is 22.7 Å². The maximum Gasteiger partial charge on any atom is 0.416 e. The molecule has 1 nitrogen and oxygen atoms in total. The molecule has 1 aromatic rings. The third kappa shape index (κ3) is 4.01. The Labute approximate surface area is 101 Å². The Balaban J connectivity index is 0.00000196. The average Bonchev–Trinajstić information content (AvgIpc) is 2.07. The number of hydrogen-bond acceptors (Lipinski definition) is 1. The van der Waals surface area contributed by atoms with Crippen LogP contribution >= 0.6 is 28.3 Å². The van der Waals surface area contributed by atoms with Crippen LogP contribution in [0.25, 0.3) is 0 Å².